The Hall–Kier alpha value is -3.82. The van der Waals surface area contributed by atoms with Gasteiger partial charge in [0.05, 0.1) is 27.4 Å². The van der Waals surface area contributed by atoms with Crippen molar-refractivity contribution in [2.45, 2.75) is 20.5 Å². The van der Waals surface area contributed by atoms with Crippen LogP contribution in [0.15, 0.2) is 41.0 Å². The highest BCUT2D eigenvalue weighted by Gasteiger charge is 2.26. The molecule has 33 heavy (non-hydrogen) atoms. The van der Waals surface area contributed by atoms with E-state index in [1.165, 1.54) is 32.4 Å². The maximum Gasteiger partial charge on any atom is 0.387 e. The summed E-state index contributed by atoms with van der Waals surface area (Å²) in [6, 6.07) is 7.91. The van der Waals surface area contributed by atoms with Crippen LogP contribution in [0.2, 0.25) is 0 Å². The lowest BCUT2D eigenvalue weighted by atomic mass is 10.1. The molecule has 1 aliphatic heterocycles. The molecule has 0 radical (unpaired) electrons. The molecule has 0 saturated heterocycles. The fourth-order valence-corrected chi connectivity index (χ4v) is 3.06. The van der Waals surface area contributed by atoms with Gasteiger partial charge in [-0.2, -0.15) is 8.78 Å². The van der Waals surface area contributed by atoms with E-state index < -0.39 is 12.6 Å². The lowest BCUT2D eigenvalue weighted by Crippen LogP contribution is -2.07. The largest absolute Gasteiger partial charge is 0.493 e. The second kappa shape index (κ2) is 10.7. The Labute approximate surface area is 189 Å². The Morgan fingerprint density at radius 1 is 0.970 bits per heavy atom. The molecule has 0 saturated carbocycles. The highest BCUT2D eigenvalue weighted by Crippen LogP contribution is 2.40. The van der Waals surface area contributed by atoms with E-state index >= 15 is 0 Å². The minimum atomic E-state index is -3.07. The van der Waals surface area contributed by atoms with Gasteiger partial charge in [0, 0.05) is 5.56 Å². The number of carbonyl (C=O) groups is 1. The maximum absolute atomic E-state index is 12.7. The predicted octanol–water partition coefficient (Wildman–Crippen LogP) is 4.45. The number of rotatable bonds is 10. The zero-order chi connectivity index (χ0) is 24.0. The Balaban J connectivity index is 1.97. The van der Waals surface area contributed by atoms with Crippen LogP contribution >= 0.6 is 0 Å². The highest BCUT2D eigenvalue weighted by atomic mass is 19.3. The summed E-state index contributed by atoms with van der Waals surface area (Å²) >= 11 is 0. The quantitative estimate of drug-likeness (QED) is 0.380. The summed E-state index contributed by atoms with van der Waals surface area (Å²) in [7, 11) is 2.60. The van der Waals surface area contributed by atoms with E-state index in [0.717, 1.165) is 0 Å². The third kappa shape index (κ3) is 5.51. The molecule has 2 aromatic rings. The van der Waals surface area contributed by atoms with E-state index in [9.17, 15) is 13.6 Å². The summed E-state index contributed by atoms with van der Waals surface area (Å²) in [4.78, 5) is 16.7. The highest BCUT2D eigenvalue weighted by molar-refractivity contribution is 6.13. The van der Waals surface area contributed by atoms with Crippen LogP contribution in [0.4, 0.5) is 8.78 Å². The van der Waals surface area contributed by atoms with Crippen LogP contribution in [0, 0.1) is 0 Å². The Morgan fingerprint density at radius 2 is 1.61 bits per heavy atom. The first-order valence-electron chi connectivity index (χ1n) is 10.0. The van der Waals surface area contributed by atoms with Gasteiger partial charge in [0.15, 0.2) is 28.7 Å². The van der Waals surface area contributed by atoms with Crippen molar-refractivity contribution in [3.63, 3.8) is 0 Å². The van der Waals surface area contributed by atoms with Crippen molar-refractivity contribution in [1.82, 2.24) is 0 Å². The van der Waals surface area contributed by atoms with E-state index in [4.69, 9.17) is 23.7 Å². The van der Waals surface area contributed by atoms with Crippen molar-refractivity contribution in [3.8, 4) is 28.7 Å². The van der Waals surface area contributed by atoms with Gasteiger partial charge in [-0.25, -0.2) is 9.79 Å². The number of benzene rings is 2. The topological polar surface area (TPSA) is 84.8 Å². The molecule has 2 aromatic carbocycles. The Morgan fingerprint density at radius 3 is 2.18 bits per heavy atom. The Bertz CT molecular complexity index is 1060. The summed E-state index contributed by atoms with van der Waals surface area (Å²) < 4.78 is 56.7. The van der Waals surface area contributed by atoms with Gasteiger partial charge in [0.25, 0.3) is 0 Å². The minimum absolute atomic E-state index is 0.00322. The standard InChI is InChI=1S/C23H23F2NO7/c1-5-30-16-8-7-14(12-17(16)31-6-2)21-26-15(22(27)33-21)9-13-10-18(28-3)20(32-23(24)25)19(11-13)29-4/h7-12,23H,5-6H2,1-4H3/b15-9-. The smallest absolute Gasteiger partial charge is 0.387 e. The third-order valence-electron chi connectivity index (χ3n) is 4.40. The number of halogens is 2. The van der Waals surface area contributed by atoms with E-state index in [1.54, 1.807) is 18.2 Å². The van der Waals surface area contributed by atoms with Gasteiger partial charge in [-0.05, 0) is 55.8 Å². The number of aliphatic imine (C=N–C) groups is 1. The molecule has 0 fully saturated rings. The summed E-state index contributed by atoms with van der Waals surface area (Å²) in [6.45, 7) is 1.53. The van der Waals surface area contributed by atoms with Crippen LogP contribution < -0.4 is 23.7 Å². The van der Waals surface area contributed by atoms with Crippen LogP contribution in [0.5, 0.6) is 28.7 Å². The molecule has 1 aliphatic rings. The lowest BCUT2D eigenvalue weighted by Gasteiger charge is -2.14. The molecule has 0 unspecified atom stereocenters. The van der Waals surface area contributed by atoms with Gasteiger partial charge < -0.3 is 28.4 Å². The molecular weight excluding hydrogens is 440 g/mol. The van der Waals surface area contributed by atoms with Crippen molar-refractivity contribution in [1.29, 1.82) is 0 Å². The third-order valence-corrected chi connectivity index (χ3v) is 4.40. The molecule has 0 spiro atoms. The molecule has 0 N–H and O–H groups in total. The van der Waals surface area contributed by atoms with Crippen molar-refractivity contribution in [3.05, 3.63) is 47.2 Å². The number of hydrogen-bond acceptors (Lipinski definition) is 8. The zero-order valence-corrected chi connectivity index (χ0v) is 18.5. The van der Waals surface area contributed by atoms with Gasteiger partial charge in [-0.3, -0.25) is 0 Å². The fourth-order valence-electron chi connectivity index (χ4n) is 3.06. The number of nitrogens with zero attached hydrogens (tertiary/aromatic N) is 1. The van der Waals surface area contributed by atoms with Gasteiger partial charge in [0.2, 0.25) is 11.6 Å². The van der Waals surface area contributed by atoms with Crippen LogP contribution in [-0.2, 0) is 9.53 Å². The lowest BCUT2D eigenvalue weighted by molar-refractivity contribution is -0.129. The fraction of sp³-hybridized carbons (Fsp3) is 0.304. The number of alkyl halides is 2. The Kier molecular flexibility index (Phi) is 7.70. The summed E-state index contributed by atoms with van der Waals surface area (Å²) in [5.74, 6) is 0.226. The molecule has 176 valence electrons. The van der Waals surface area contributed by atoms with E-state index in [1.807, 2.05) is 13.8 Å². The number of carbonyl (C=O) groups excluding carboxylic acids is 1. The summed E-state index contributed by atoms with van der Waals surface area (Å²) in [5.41, 5.74) is 0.932. The second-order valence-corrected chi connectivity index (χ2v) is 6.50. The van der Waals surface area contributed by atoms with E-state index in [2.05, 4.69) is 9.73 Å². The number of hydrogen-bond donors (Lipinski definition) is 0. The monoisotopic (exact) mass is 463 g/mol. The maximum atomic E-state index is 12.7. The van der Waals surface area contributed by atoms with Gasteiger partial charge in [-0.15, -0.1) is 0 Å². The van der Waals surface area contributed by atoms with Crippen LogP contribution in [0.25, 0.3) is 6.08 Å². The molecule has 8 nitrogen and oxygen atoms in total. The second-order valence-electron chi connectivity index (χ2n) is 6.50. The molecule has 0 amide bonds. The van der Waals surface area contributed by atoms with Crippen molar-refractivity contribution in [2.24, 2.45) is 4.99 Å². The summed E-state index contributed by atoms with van der Waals surface area (Å²) in [5, 5.41) is 0. The number of cyclic esters (lactones) is 1. The molecule has 3 rings (SSSR count). The molecule has 0 aromatic heterocycles. The van der Waals surface area contributed by atoms with Crippen LogP contribution in [-0.4, -0.2) is 45.9 Å². The van der Waals surface area contributed by atoms with Crippen LogP contribution in [0.1, 0.15) is 25.0 Å². The SMILES string of the molecule is CCOc1ccc(C2=N/C(=C\c3cc(OC)c(OC(F)F)c(OC)c3)C(=O)O2)cc1OCC. The molecule has 0 bridgehead atoms. The van der Waals surface area contributed by atoms with Gasteiger partial charge in [0.1, 0.15) is 0 Å². The van der Waals surface area contributed by atoms with Crippen LogP contribution in [0.3, 0.4) is 0 Å². The number of esters is 1. The van der Waals surface area contributed by atoms with E-state index in [0.29, 0.717) is 35.8 Å². The average Bonchev–Trinajstić information content (AvgIpc) is 3.15. The first kappa shape index (κ1) is 23.8. The van der Waals surface area contributed by atoms with Crippen molar-refractivity contribution in [2.75, 3.05) is 27.4 Å². The predicted molar refractivity (Wildman–Crippen MR) is 116 cm³/mol. The van der Waals surface area contributed by atoms with Gasteiger partial charge in [-0.1, -0.05) is 0 Å². The summed E-state index contributed by atoms with van der Waals surface area (Å²) in [6.07, 6.45) is 1.42. The minimum Gasteiger partial charge on any atom is -0.493 e. The molecule has 10 heteroatoms. The molecular formula is C23H23F2NO7. The van der Waals surface area contributed by atoms with Gasteiger partial charge >= 0.3 is 12.6 Å². The van der Waals surface area contributed by atoms with Crippen molar-refractivity contribution < 1.29 is 42.0 Å². The first-order valence-corrected chi connectivity index (χ1v) is 10.0. The normalized spacial score (nSPS) is 14.2. The molecule has 1 heterocycles. The first-order chi connectivity index (χ1) is 15.9. The number of ether oxygens (including phenoxy) is 6. The molecule has 0 aliphatic carbocycles. The zero-order valence-electron chi connectivity index (χ0n) is 18.5. The molecule has 0 atom stereocenters. The number of methoxy groups -OCH3 is 2. The van der Waals surface area contributed by atoms with Crippen molar-refractivity contribution >= 4 is 17.9 Å². The average molecular weight is 463 g/mol. The van der Waals surface area contributed by atoms with E-state index in [-0.39, 0.29) is 28.8 Å².